The number of phenols is 1. The van der Waals surface area contributed by atoms with Gasteiger partial charge in [-0.25, -0.2) is 0 Å². The minimum Gasteiger partial charge on any atom is -0.505 e. The number of hydrogen-bond acceptors (Lipinski definition) is 3. The average Bonchev–Trinajstić information content (AvgIpc) is 2.57. The highest BCUT2D eigenvalue weighted by Crippen LogP contribution is 2.31. The zero-order valence-corrected chi connectivity index (χ0v) is 14.0. The van der Waals surface area contributed by atoms with E-state index in [9.17, 15) is 9.90 Å². The van der Waals surface area contributed by atoms with Crippen molar-refractivity contribution in [2.24, 2.45) is 0 Å². The quantitative estimate of drug-likeness (QED) is 0.803. The number of amides is 1. The van der Waals surface area contributed by atoms with Crippen LogP contribution in [0.15, 0.2) is 42.5 Å². The van der Waals surface area contributed by atoms with E-state index >= 15 is 0 Å². The van der Waals surface area contributed by atoms with E-state index in [1.54, 1.807) is 5.01 Å². The minimum absolute atomic E-state index is 0.0617. The van der Waals surface area contributed by atoms with Gasteiger partial charge in [-0.15, -0.1) is 0 Å². The monoisotopic (exact) mass is 312 g/mol. The number of anilines is 1. The Morgan fingerprint density at radius 1 is 1.13 bits per heavy atom. The van der Waals surface area contributed by atoms with Crippen LogP contribution in [0.4, 0.5) is 5.69 Å². The fourth-order valence-electron chi connectivity index (χ4n) is 2.42. The molecule has 0 atom stereocenters. The first-order valence-corrected chi connectivity index (χ1v) is 7.93. The van der Waals surface area contributed by atoms with Gasteiger partial charge in [0.2, 0.25) is 5.91 Å². The molecule has 4 nitrogen and oxygen atoms in total. The number of nitrogens with zero attached hydrogens (tertiary/aromatic N) is 1. The summed E-state index contributed by atoms with van der Waals surface area (Å²) in [4.78, 5) is 12.2. The van der Waals surface area contributed by atoms with Gasteiger partial charge in [0, 0.05) is 13.0 Å². The molecule has 2 aromatic rings. The van der Waals surface area contributed by atoms with E-state index in [0.29, 0.717) is 25.1 Å². The number of phenolic OH excluding ortho intramolecular Hbond substituents is 1. The molecule has 1 amide bonds. The van der Waals surface area contributed by atoms with Gasteiger partial charge in [-0.1, -0.05) is 36.4 Å². The van der Waals surface area contributed by atoms with Crippen LogP contribution in [-0.4, -0.2) is 17.6 Å². The van der Waals surface area contributed by atoms with Gasteiger partial charge in [0.05, 0.1) is 5.69 Å². The van der Waals surface area contributed by atoms with Crippen LogP contribution in [-0.2, 0) is 11.2 Å². The van der Waals surface area contributed by atoms with E-state index in [4.69, 9.17) is 0 Å². The Morgan fingerprint density at radius 2 is 1.83 bits per heavy atom. The fourth-order valence-corrected chi connectivity index (χ4v) is 2.42. The highest BCUT2D eigenvalue weighted by Gasteiger charge is 2.14. The highest BCUT2D eigenvalue weighted by molar-refractivity contribution is 5.79. The van der Waals surface area contributed by atoms with E-state index in [-0.39, 0.29) is 11.7 Å². The first kappa shape index (κ1) is 16.9. The van der Waals surface area contributed by atoms with Crippen LogP contribution in [0.2, 0.25) is 0 Å². The standard InChI is InChI=1S/C19H24N2O2/c1-4-21(17-12-10-14(2)15(3)19(17)23)20-18(22)13-11-16-8-6-5-7-9-16/h5-10,12,23H,4,11,13H2,1-3H3,(H,20,22). The van der Waals surface area contributed by atoms with Crippen LogP contribution in [0.5, 0.6) is 5.75 Å². The van der Waals surface area contributed by atoms with Crippen LogP contribution in [0, 0.1) is 13.8 Å². The summed E-state index contributed by atoms with van der Waals surface area (Å²) in [5, 5.41) is 12.0. The lowest BCUT2D eigenvalue weighted by atomic mass is 10.1. The molecule has 2 N–H and O–H groups in total. The molecule has 122 valence electrons. The second-order valence-corrected chi connectivity index (χ2v) is 5.64. The number of benzene rings is 2. The van der Waals surface area contributed by atoms with Gasteiger partial charge >= 0.3 is 0 Å². The van der Waals surface area contributed by atoms with Crippen molar-refractivity contribution in [3.63, 3.8) is 0 Å². The number of aryl methyl sites for hydroxylation is 2. The van der Waals surface area contributed by atoms with Crippen LogP contribution < -0.4 is 10.4 Å². The minimum atomic E-state index is -0.0617. The molecule has 0 radical (unpaired) electrons. The van der Waals surface area contributed by atoms with Crippen LogP contribution in [0.25, 0.3) is 0 Å². The summed E-state index contributed by atoms with van der Waals surface area (Å²) < 4.78 is 0. The third-order valence-electron chi connectivity index (χ3n) is 4.03. The highest BCUT2D eigenvalue weighted by atomic mass is 16.3. The molecule has 0 heterocycles. The predicted octanol–water partition coefficient (Wildman–Crippen LogP) is 3.50. The lowest BCUT2D eigenvalue weighted by molar-refractivity contribution is -0.121. The van der Waals surface area contributed by atoms with Gasteiger partial charge in [0.1, 0.15) is 5.75 Å². The SMILES string of the molecule is CCN(NC(=O)CCc1ccccc1)c1ccc(C)c(C)c1O. The summed E-state index contributed by atoms with van der Waals surface area (Å²) in [5.41, 5.74) is 6.50. The van der Waals surface area contributed by atoms with E-state index in [0.717, 1.165) is 16.7 Å². The molecule has 0 unspecified atom stereocenters. The summed E-state index contributed by atoms with van der Waals surface area (Å²) in [6.45, 7) is 6.34. The summed E-state index contributed by atoms with van der Waals surface area (Å²) in [5.74, 6) is 0.156. The molecular formula is C19H24N2O2. The Morgan fingerprint density at radius 3 is 2.48 bits per heavy atom. The number of hydrazine groups is 1. The van der Waals surface area contributed by atoms with E-state index < -0.39 is 0 Å². The molecule has 4 heteroatoms. The number of aromatic hydroxyl groups is 1. The van der Waals surface area contributed by atoms with Crippen LogP contribution >= 0.6 is 0 Å². The lowest BCUT2D eigenvalue weighted by Gasteiger charge is -2.25. The number of carbonyl (C=O) groups is 1. The molecular weight excluding hydrogens is 288 g/mol. The molecule has 0 saturated heterocycles. The summed E-state index contributed by atoms with van der Waals surface area (Å²) >= 11 is 0. The zero-order chi connectivity index (χ0) is 16.8. The number of rotatable bonds is 6. The van der Waals surface area contributed by atoms with Crippen molar-refractivity contribution >= 4 is 11.6 Å². The van der Waals surface area contributed by atoms with Crippen molar-refractivity contribution < 1.29 is 9.90 Å². The van der Waals surface area contributed by atoms with Crippen LogP contribution in [0.3, 0.4) is 0 Å². The first-order chi connectivity index (χ1) is 11.0. The van der Waals surface area contributed by atoms with Gasteiger partial charge in [0.25, 0.3) is 0 Å². The molecule has 2 rings (SSSR count). The summed E-state index contributed by atoms with van der Waals surface area (Å²) in [6, 6.07) is 13.7. The maximum atomic E-state index is 12.2. The van der Waals surface area contributed by atoms with Gasteiger partial charge in [-0.3, -0.25) is 15.2 Å². The van der Waals surface area contributed by atoms with Crippen molar-refractivity contribution in [3.8, 4) is 5.75 Å². The largest absolute Gasteiger partial charge is 0.505 e. The van der Waals surface area contributed by atoms with Gasteiger partial charge < -0.3 is 5.11 Å². The molecule has 0 aromatic heterocycles. The van der Waals surface area contributed by atoms with Crippen molar-refractivity contribution in [2.75, 3.05) is 11.6 Å². The molecule has 0 spiro atoms. The van der Waals surface area contributed by atoms with E-state index in [2.05, 4.69) is 5.43 Å². The molecule has 0 saturated carbocycles. The van der Waals surface area contributed by atoms with Gasteiger partial charge in [-0.05, 0) is 49.9 Å². The Bertz CT molecular complexity index is 669. The number of hydrogen-bond donors (Lipinski definition) is 2. The van der Waals surface area contributed by atoms with Gasteiger partial charge in [0.15, 0.2) is 0 Å². The molecule has 2 aromatic carbocycles. The van der Waals surface area contributed by atoms with E-state index in [1.807, 2.05) is 63.2 Å². The number of nitrogens with one attached hydrogen (secondary N) is 1. The summed E-state index contributed by atoms with van der Waals surface area (Å²) in [7, 11) is 0. The van der Waals surface area contributed by atoms with Crippen molar-refractivity contribution in [2.45, 2.75) is 33.6 Å². The zero-order valence-electron chi connectivity index (χ0n) is 14.0. The Hall–Kier alpha value is -2.49. The van der Waals surface area contributed by atoms with E-state index in [1.165, 1.54) is 0 Å². The normalized spacial score (nSPS) is 10.4. The smallest absolute Gasteiger partial charge is 0.238 e. The lowest BCUT2D eigenvalue weighted by Crippen LogP contribution is -2.42. The van der Waals surface area contributed by atoms with Crippen molar-refractivity contribution in [1.29, 1.82) is 0 Å². The Kier molecular flexibility index (Phi) is 5.63. The van der Waals surface area contributed by atoms with Crippen molar-refractivity contribution in [1.82, 2.24) is 5.43 Å². The van der Waals surface area contributed by atoms with Gasteiger partial charge in [-0.2, -0.15) is 0 Å². The Balaban J connectivity index is 2.02. The maximum Gasteiger partial charge on any atom is 0.238 e. The molecule has 0 fully saturated rings. The Labute approximate surface area is 137 Å². The molecule has 23 heavy (non-hydrogen) atoms. The maximum absolute atomic E-state index is 12.2. The molecule has 0 aliphatic rings. The fraction of sp³-hybridized carbons (Fsp3) is 0.316. The molecule has 0 bridgehead atoms. The van der Waals surface area contributed by atoms with Crippen LogP contribution in [0.1, 0.15) is 30.0 Å². The topological polar surface area (TPSA) is 52.6 Å². The first-order valence-electron chi connectivity index (χ1n) is 7.93. The third kappa shape index (κ3) is 4.25. The number of carbonyl (C=O) groups excluding carboxylic acids is 1. The second-order valence-electron chi connectivity index (χ2n) is 5.64. The predicted molar refractivity (Wildman–Crippen MR) is 93.5 cm³/mol. The third-order valence-corrected chi connectivity index (χ3v) is 4.03. The average molecular weight is 312 g/mol. The summed E-state index contributed by atoms with van der Waals surface area (Å²) in [6.07, 6.45) is 1.11. The second kappa shape index (κ2) is 7.68. The molecule has 0 aliphatic carbocycles. The van der Waals surface area contributed by atoms with Crippen molar-refractivity contribution in [3.05, 3.63) is 59.2 Å². The molecule has 0 aliphatic heterocycles.